The van der Waals surface area contributed by atoms with Crippen molar-refractivity contribution in [3.8, 4) is 0 Å². The van der Waals surface area contributed by atoms with Crippen molar-refractivity contribution < 1.29 is 0 Å². The quantitative estimate of drug-likeness (QED) is 0.538. The van der Waals surface area contributed by atoms with Gasteiger partial charge in [0.15, 0.2) is 0 Å². The summed E-state index contributed by atoms with van der Waals surface area (Å²) in [5.41, 5.74) is 1.26. The molecule has 0 fully saturated rings. The number of hydrogen-bond donors (Lipinski definition) is 0. The lowest BCUT2D eigenvalue weighted by atomic mass is 9.97. The van der Waals surface area contributed by atoms with Crippen molar-refractivity contribution in [3.63, 3.8) is 0 Å². The van der Waals surface area contributed by atoms with E-state index in [-0.39, 0.29) is 5.38 Å². The smallest absolute Gasteiger partial charge is 0.0531 e. The molecule has 2 heteroatoms. The highest BCUT2D eigenvalue weighted by atomic mass is 35.5. The van der Waals surface area contributed by atoms with Gasteiger partial charge in [-0.15, -0.1) is 11.6 Å². The molecule has 1 rings (SSSR count). The fraction of sp³-hybridized carbons (Fsp3) is 0.750. The predicted octanol–water partition coefficient (Wildman–Crippen LogP) is 3.68. The maximum atomic E-state index is 5.97. The highest BCUT2D eigenvalue weighted by Crippen LogP contribution is 2.31. The number of hydrogen-bond acceptors (Lipinski definition) is 0. The van der Waals surface area contributed by atoms with Crippen molar-refractivity contribution >= 4 is 23.2 Å². The third-order valence-corrected chi connectivity index (χ3v) is 2.62. The second kappa shape index (κ2) is 3.64. The molecule has 0 aliphatic heterocycles. The summed E-state index contributed by atoms with van der Waals surface area (Å²) in [6.07, 6.45) is 4.62. The molecule has 10 heavy (non-hydrogen) atoms. The summed E-state index contributed by atoms with van der Waals surface area (Å²) in [6, 6.07) is 0. The predicted molar refractivity (Wildman–Crippen MR) is 46.7 cm³/mol. The van der Waals surface area contributed by atoms with Crippen LogP contribution in [0.15, 0.2) is 10.6 Å². The molecular weight excluding hydrogens is 167 g/mol. The Kier molecular flexibility index (Phi) is 3.06. The Morgan fingerprint density at radius 1 is 1.30 bits per heavy atom. The Labute approximate surface area is 72.2 Å². The van der Waals surface area contributed by atoms with Crippen LogP contribution in [-0.4, -0.2) is 5.38 Å². The van der Waals surface area contributed by atoms with Gasteiger partial charge in [-0.2, -0.15) is 0 Å². The maximum Gasteiger partial charge on any atom is 0.0531 e. The van der Waals surface area contributed by atoms with E-state index in [1.807, 2.05) is 6.92 Å². The lowest BCUT2D eigenvalue weighted by Crippen LogP contribution is -2.04. The van der Waals surface area contributed by atoms with Gasteiger partial charge in [-0.05, 0) is 38.2 Å². The van der Waals surface area contributed by atoms with Crippen LogP contribution in [0.2, 0.25) is 0 Å². The van der Waals surface area contributed by atoms with Gasteiger partial charge in [-0.25, -0.2) is 0 Å². The molecule has 0 aromatic rings. The minimum absolute atomic E-state index is 0.132. The van der Waals surface area contributed by atoms with Crippen LogP contribution in [0, 0.1) is 0 Å². The standard InChI is InChI=1S/C8H12Cl2/c1-6(9)7-4-2-3-5-8(7)10/h6H,2-5H2,1H3. The SMILES string of the molecule is CC(Cl)C1=C(Cl)CCCC1. The van der Waals surface area contributed by atoms with Crippen molar-refractivity contribution in [1.82, 2.24) is 0 Å². The molecule has 0 bridgehead atoms. The lowest BCUT2D eigenvalue weighted by Gasteiger charge is -2.17. The molecule has 0 nitrogen and oxygen atoms in total. The number of halogens is 2. The van der Waals surface area contributed by atoms with Crippen molar-refractivity contribution in [2.75, 3.05) is 0 Å². The van der Waals surface area contributed by atoms with Gasteiger partial charge >= 0.3 is 0 Å². The molecule has 0 spiro atoms. The van der Waals surface area contributed by atoms with E-state index >= 15 is 0 Å². The summed E-state index contributed by atoms with van der Waals surface area (Å²) in [6.45, 7) is 1.99. The van der Waals surface area contributed by atoms with Crippen LogP contribution < -0.4 is 0 Å². The first kappa shape index (κ1) is 8.42. The Hall–Kier alpha value is 0.320. The number of allylic oxidation sites excluding steroid dienone is 2. The van der Waals surface area contributed by atoms with Crippen molar-refractivity contribution in [3.05, 3.63) is 10.6 Å². The number of rotatable bonds is 1. The average molecular weight is 179 g/mol. The molecule has 1 atom stereocenters. The zero-order chi connectivity index (χ0) is 7.56. The van der Waals surface area contributed by atoms with E-state index in [2.05, 4.69) is 0 Å². The normalized spacial score (nSPS) is 23.1. The van der Waals surface area contributed by atoms with Gasteiger partial charge in [0.1, 0.15) is 0 Å². The summed E-state index contributed by atoms with van der Waals surface area (Å²) in [4.78, 5) is 0. The first-order valence-electron chi connectivity index (χ1n) is 3.73. The zero-order valence-corrected chi connectivity index (χ0v) is 7.67. The average Bonchev–Trinajstić information content (AvgIpc) is 1.88. The van der Waals surface area contributed by atoms with Crippen molar-refractivity contribution in [2.24, 2.45) is 0 Å². The highest BCUT2D eigenvalue weighted by Gasteiger charge is 2.14. The van der Waals surface area contributed by atoms with E-state index in [0.29, 0.717) is 0 Å². The molecule has 0 saturated carbocycles. The molecule has 0 saturated heterocycles. The monoisotopic (exact) mass is 178 g/mol. The molecular formula is C8H12Cl2. The molecule has 0 radical (unpaired) electrons. The van der Waals surface area contributed by atoms with Crippen LogP contribution in [0.1, 0.15) is 32.6 Å². The Balaban J connectivity index is 2.68. The molecule has 58 valence electrons. The molecule has 0 aromatic heterocycles. The van der Waals surface area contributed by atoms with Gasteiger partial charge in [0.05, 0.1) is 5.38 Å². The first-order valence-corrected chi connectivity index (χ1v) is 4.54. The molecule has 1 unspecified atom stereocenters. The molecule has 0 heterocycles. The summed E-state index contributed by atoms with van der Waals surface area (Å²) in [5, 5.41) is 1.14. The van der Waals surface area contributed by atoms with Crippen LogP contribution in [0.25, 0.3) is 0 Å². The molecule has 0 amide bonds. The Morgan fingerprint density at radius 3 is 2.30 bits per heavy atom. The fourth-order valence-corrected chi connectivity index (χ4v) is 1.99. The van der Waals surface area contributed by atoms with Crippen LogP contribution in [0.5, 0.6) is 0 Å². The van der Waals surface area contributed by atoms with E-state index < -0.39 is 0 Å². The van der Waals surface area contributed by atoms with E-state index in [1.165, 1.54) is 18.4 Å². The zero-order valence-electron chi connectivity index (χ0n) is 6.16. The van der Waals surface area contributed by atoms with Gasteiger partial charge in [0.2, 0.25) is 0 Å². The largest absolute Gasteiger partial charge is 0.118 e. The molecule has 1 aliphatic carbocycles. The third-order valence-electron chi connectivity index (χ3n) is 1.92. The summed E-state index contributed by atoms with van der Waals surface area (Å²) < 4.78 is 0. The molecule has 0 aromatic carbocycles. The van der Waals surface area contributed by atoms with E-state index in [1.54, 1.807) is 0 Å². The summed E-state index contributed by atoms with van der Waals surface area (Å²) >= 11 is 11.9. The first-order chi connectivity index (χ1) is 4.72. The lowest BCUT2D eigenvalue weighted by molar-refractivity contribution is 0.677. The van der Waals surface area contributed by atoms with Crippen molar-refractivity contribution in [1.29, 1.82) is 0 Å². The minimum atomic E-state index is 0.132. The molecule has 1 aliphatic rings. The van der Waals surface area contributed by atoms with Gasteiger partial charge in [0, 0.05) is 5.03 Å². The Morgan fingerprint density at radius 2 is 1.90 bits per heavy atom. The second-order valence-corrected chi connectivity index (χ2v) is 3.86. The fourth-order valence-electron chi connectivity index (χ4n) is 1.31. The number of alkyl halides is 1. The van der Waals surface area contributed by atoms with Crippen LogP contribution in [-0.2, 0) is 0 Å². The summed E-state index contributed by atoms with van der Waals surface area (Å²) in [5.74, 6) is 0. The van der Waals surface area contributed by atoms with E-state index in [9.17, 15) is 0 Å². The second-order valence-electron chi connectivity index (χ2n) is 2.75. The van der Waals surface area contributed by atoms with E-state index in [0.717, 1.165) is 17.9 Å². The van der Waals surface area contributed by atoms with Gasteiger partial charge in [-0.3, -0.25) is 0 Å². The van der Waals surface area contributed by atoms with Crippen LogP contribution in [0.3, 0.4) is 0 Å². The third kappa shape index (κ3) is 1.90. The topological polar surface area (TPSA) is 0 Å². The van der Waals surface area contributed by atoms with Crippen LogP contribution >= 0.6 is 23.2 Å². The Bertz CT molecular complexity index is 147. The van der Waals surface area contributed by atoms with E-state index in [4.69, 9.17) is 23.2 Å². The van der Waals surface area contributed by atoms with Gasteiger partial charge < -0.3 is 0 Å². The van der Waals surface area contributed by atoms with Gasteiger partial charge in [-0.1, -0.05) is 11.6 Å². The minimum Gasteiger partial charge on any atom is -0.118 e. The molecule has 0 N–H and O–H groups in total. The van der Waals surface area contributed by atoms with Crippen molar-refractivity contribution in [2.45, 2.75) is 38.0 Å². The maximum absolute atomic E-state index is 5.97. The van der Waals surface area contributed by atoms with Gasteiger partial charge in [0.25, 0.3) is 0 Å². The highest BCUT2D eigenvalue weighted by molar-refractivity contribution is 6.31. The summed E-state index contributed by atoms with van der Waals surface area (Å²) in [7, 11) is 0. The van der Waals surface area contributed by atoms with Crippen LogP contribution in [0.4, 0.5) is 0 Å².